The van der Waals surface area contributed by atoms with Gasteiger partial charge in [-0.05, 0) is 51.0 Å². The number of carbonyl (C=O) groups excluding carboxylic acids is 1. The van der Waals surface area contributed by atoms with Crippen LogP contribution in [0.15, 0.2) is 24.3 Å². The van der Waals surface area contributed by atoms with Gasteiger partial charge in [0, 0.05) is 6.54 Å². The predicted molar refractivity (Wildman–Crippen MR) is 106 cm³/mol. The van der Waals surface area contributed by atoms with Crippen LogP contribution in [0.5, 0.6) is 5.75 Å². The van der Waals surface area contributed by atoms with Gasteiger partial charge >= 0.3 is 0 Å². The molecule has 0 aliphatic carbocycles. The van der Waals surface area contributed by atoms with Gasteiger partial charge < -0.3 is 15.0 Å². The number of sulfonamides is 1. The highest BCUT2D eigenvalue weighted by atomic mass is 32.2. The number of hydrogen-bond donors (Lipinski definition) is 1. The Hall–Kier alpha value is -1.80. The van der Waals surface area contributed by atoms with Crippen molar-refractivity contribution in [3.8, 4) is 5.75 Å². The van der Waals surface area contributed by atoms with Crippen LogP contribution in [0.1, 0.15) is 32.1 Å². The number of nitrogens with zero attached hydrogens (tertiary/aromatic N) is 2. The van der Waals surface area contributed by atoms with Crippen molar-refractivity contribution in [2.75, 3.05) is 43.3 Å². The Bertz CT molecular complexity index is 745. The lowest BCUT2D eigenvalue weighted by Gasteiger charge is -2.33. The highest BCUT2D eigenvalue weighted by molar-refractivity contribution is 7.92. The second kappa shape index (κ2) is 8.93. The number of hydrogen-bond acceptors (Lipinski definition) is 5. The summed E-state index contributed by atoms with van der Waals surface area (Å²) in [4.78, 5) is 15.0. The molecule has 0 bridgehead atoms. The van der Waals surface area contributed by atoms with Gasteiger partial charge in [0.05, 0.1) is 18.5 Å². The first-order chi connectivity index (χ1) is 12.9. The molecule has 2 heterocycles. The van der Waals surface area contributed by atoms with Crippen LogP contribution >= 0.6 is 0 Å². The number of fused-ring (bicyclic) bond motifs is 1. The van der Waals surface area contributed by atoms with E-state index in [-0.39, 0.29) is 12.5 Å². The molecule has 0 unspecified atom stereocenters. The van der Waals surface area contributed by atoms with Crippen LogP contribution in [0.2, 0.25) is 0 Å². The van der Waals surface area contributed by atoms with Crippen molar-refractivity contribution in [3.05, 3.63) is 24.3 Å². The highest BCUT2D eigenvalue weighted by Gasteiger charge is 2.34. The number of carbonyl (C=O) groups is 1. The van der Waals surface area contributed by atoms with Crippen molar-refractivity contribution in [2.24, 2.45) is 0 Å². The van der Waals surface area contributed by atoms with E-state index in [4.69, 9.17) is 4.74 Å². The zero-order chi connectivity index (χ0) is 19.3. The van der Waals surface area contributed by atoms with Crippen molar-refractivity contribution < 1.29 is 17.9 Å². The summed E-state index contributed by atoms with van der Waals surface area (Å²) in [5.41, 5.74) is 0.477. The Labute approximate surface area is 161 Å². The summed E-state index contributed by atoms with van der Waals surface area (Å²) in [5, 5.41) is 2.90. The van der Waals surface area contributed by atoms with Crippen LogP contribution in [0.3, 0.4) is 0 Å². The lowest BCUT2D eigenvalue weighted by molar-refractivity contribution is -0.127. The molecule has 3 rings (SSSR count). The Balaban J connectivity index is 1.53. The minimum absolute atomic E-state index is 0.00615. The van der Waals surface area contributed by atoms with E-state index in [1.807, 2.05) is 0 Å². The number of likely N-dealkylation sites (tertiary alicyclic amines) is 1. The Morgan fingerprint density at radius 3 is 2.59 bits per heavy atom. The lowest BCUT2D eigenvalue weighted by Crippen LogP contribution is -2.50. The zero-order valence-corrected chi connectivity index (χ0v) is 16.7. The molecule has 0 aromatic heterocycles. The number of ether oxygens (including phenoxy) is 1. The smallest absolute Gasteiger partial charge is 0.263 e. The van der Waals surface area contributed by atoms with E-state index in [1.165, 1.54) is 30.0 Å². The van der Waals surface area contributed by atoms with Gasteiger partial charge in [-0.3, -0.25) is 9.10 Å². The minimum Gasteiger partial charge on any atom is -0.476 e. The first-order valence-corrected chi connectivity index (χ1v) is 11.5. The molecule has 0 radical (unpaired) electrons. The van der Waals surface area contributed by atoms with E-state index in [9.17, 15) is 13.2 Å². The van der Waals surface area contributed by atoms with E-state index < -0.39 is 16.1 Å². The third-order valence-electron chi connectivity index (χ3n) is 5.08. The molecule has 1 atom stereocenters. The molecule has 1 saturated heterocycles. The number of benzene rings is 1. The SMILES string of the molecule is CS(=O)(=O)N1C[C@@H](C(=O)NCCCN2CCCCCC2)Oc2ccccc21. The van der Waals surface area contributed by atoms with Gasteiger partial charge in [0.2, 0.25) is 10.0 Å². The van der Waals surface area contributed by atoms with Crippen molar-refractivity contribution in [3.63, 3.8) is 0 Å². The van der Waals surface area contributed by atoms with Crippen molar-refractivity contribution in [1.29, 1.82) is 0 Å². The fourth-order valence-corrected chi connectivity index (χ4v) is 4.56. The van der Waals surface area contributed by atoms with E-state index in [1.54, 1.807) is 24.3 Å². The third-order valence-corrected chi connectivity index (χ3v) is 6.22. The zero-order valence-electron chi connectivity index (χ0n) is 15.9. The lowest BCUT2D eigenvalue weighted by atomic mass is 10.2. The molecule has 150 valence electrons. The average molecular weight is 396 g/mol. The summed E-state index contributed by atoms with van der Waals surface area (Å²) < 4.78 is 31.2. The van der Waals surface area contributed by atoms with Crippen LogP contribution in [-0.4, -0.2) is 64.3 Å². The maximum Gasteiger partial charge on any atom is 0.263 e. The molecule has 27 heavy (non-hydrogen) atoms. The van der Waals surface area contributed by atoms with Gasteiger partial charge in [-0.25, -0.2) is 8.42 Å². The molecule has 1 amide bonds. The van der Waals surface area contributed by atoms with Crippen LogP contribution in [0.25, 0.3) is 0 Å². The molecular weight excluding hydrogens is 366 g/mol. The fourth-order valence-electron chi connectivity index (χ4n) is 3.64. The monoisotopic (exact) mass is 395 g/mol. The first kappa shape index (κ1) is 19.9. The van der Waals surface area contributed by atoms with Gasteiger partial charge in [-0.2, -0.15) is 0 Å². The highest BCUT2D eigenvalue weighted by Crippen LogP contribution is 2.34. The molecule has 1 N–H and O–H groups in total. The normalized spacial score (nSPS) is 21.1. The Morgan fingerprint density at radius 2 is 1.89 bits per heavy atom. The van der Waals surface area contributed by atoms with Gasteiger partial charge in [0.15, 0.2) is 6.10 Å². The predicted octanol–water partition coefficient (Wildman–Crippen LogP) is 1.60. The van der Waals surface area contributed by atoms with Gasteiger partial charge in [-0.15, -0.1) is 0 Å². The van der Waals surface area contributed by atoms with Crippen molar-refractivity contribution in [2.45, 2.75) is 38.2 Å². The maximum absolute atomic E-state index is 12.5. The maximum atomic E-state index is 12.5. The van der Waals surface area contributed by atoms with E-state index in [0.29, 0.717) is 18.0 Å². The number of rotatable bonds is 6. The molecule has 2 aliphatic heterocycles. The summed E-state index contributed by atoms with van der Waals surface area (Å²) in [5.74, 6) is 0.146. The van der Waals surface area contributed by atoms with Gasteiger partial charge in [0.25, 0.3) is 5.91 Å². The number of nitrogens with one attached hydrogen (secondary N) is 1. The minimum atomic E-state index is -3.48. The molecule has 1 aromatic rings. The molecule has 0 saturated carbocycles. The molecule has 7 nitrogen and oxygen atoms in total. The Kier molecular flexibility index (Phi) is 6.59. The largest absolute Gasteiger partial charge is 0.476 e. The number of para-hydroxylation sites is 2. The van der Waals surface area contributed by atoms with Crippen LogP contribution in [-0.2, 0) is 14.8 Å². The van der Waals surface area contributed by atoms with Crippen molar-refractivity contribution in [1.82, 2.24) is 10.2 Å². The van der Waals surface area contributed by atoms with E-state index >= 15 is 0 Å². The summed E-state index contributed by atoms with van der Waals surface area (Å²) in [6.45, 7) is 3.81. The summed E-state index contributed by atoms with van der Waals surface area (Å²) in [7, 11) is -3.48. The van der Waals surface area contributed by atoms with Crippen LogP contribution in [0.4, 0.5) is 5.69 Å². The molecule has 0 spiro atoms. The Morgan fingerprint density at radius 1 is 1.19 bits per heavy atom. The van der Waals surface area contributed by atoms with E-state index in [0.717, 1.165) is 32.3 Å². The number of amides is 1. The second-order valence-electron chi connectivity index (χ2n) is 7.27. The van der Waals surface area contributed by atoms with Crippen LogP contribution in [0, 0.1) is 0 Å². The standard InChI is InChI=1S/C19H29N3O4S/c1-27(24,25)22-15-18(26-17-10-5-4-9-16(17)22)19(23)20-11-8-14-21-12-6-2-3-7-13-21/h4-5,9-10,18H,2-3,6-8,11-15H2,1H3,(H,20,23)/t18-/m0/s1. The van der Waals surface area contributed by atoms with Gasteiger partial charge in [-0.1, -0.05) is 25.0 Å². The average Bonchev–Trinajstić information content (AvgIpc) is 2.92. The molecule has 8 heteroatoms. The topological polar surface area (TPSA) is 79.0 Å². The van der Waals surface area contributed by atoms with E-state index in [2.05, 4.69) is 10.2 Å². The molecule has 2 aliphatic rings. The third kappa shape index (κ3) is 5.35. The second-order valence-corrected chi connectivity index (χ2v) is 9.18. The summed E-state index contributed by atoms with van der Waals surface area (Å²) >= 11 is 0. The van der Waals surface area contributed by atoms with Crippen LogP contribution < -0.4 is 14.4 Å². The summed E-state index contributed by atoms with van der Waals surface area (Å²) in [6, 6.07) is 6.89. The quantitative estimate of drug-likeness (QED) is 0.740. The molecule has 1 fully saturated rings. The molecule has 1 aromatic carbocycles. The first-order valence-electron chi connectivity index (χ1n) is 9.68. The number of anilines is 1. The van der Waals surface area contributed by atoms with Crippen molar-refractivity contribution >= 4 is 21.6 Å². The fraction of sp³-hybridized carbons (Fsp3) is 0.632. The van der Waals surface area contributed by atoms with Gasteiger partial charge in [0.1, 0.15) is 5.75 Å². The molecular formula is C19H29N3O4S. The summed E-state index contributed by atoms with van der Waals surface area (Å²) in [6.07, 6.45) is 6.31.